The average molecular weight is 417 g/mol. The molecule has 0 bridgehead atoms. The van der Waals surface area contributed by atoms with Crippen molar-refractivity contribution >= 4 is 17.5 Å². The van der Waals surface area contributed by atoms with Crippen molar-refractivity contribution in [2.75, 3.05) is 27.3 Å². The van der Waals surface area contributed by atoms with E-state index in [4.69, 9.17) is 21.1 Å². The van der Waals surface area contributed by atoms with Gasteiger partial charge in [0, 0.05) is 18.7 Å². The van der Waals surface area contributed by atoms with Crippen LogP contribution in [0.1, 0.15) is 41.3 Å². The molecule has 2 aromatic carbocycles. The van der Waals surface area contributed by atoms with E-state index >= 15 is 0 Å². The van der Waals surface area contributed by atoms with E-state index < -0.39 is 0 Å². The number of carbonyl (C=O) groups excluding carboxylic acids is 1. The molecule has 1 saturated heterocycles. The third-order valence-corrected chi connectivity index (χ3v) is 5.73. The minimum atomic E-state index is -0.209. The number of methoxy groups -OCH3 is 2. The van der Waals surface area contributed by atoms with Crippen LogP contribution < -0.4 is 14.8 Å². The Kier molecular flexibility index (Phi) is 7.40. The van der Waals surface area contributed by atoms with E-state index in [1.54, 1.807) is 12.1 Å². The molecule has 6 heteroatoms. The largest absolute Gasteiger partial charge is 0.493 e. The van der Waals surface area contributed by atoms with Crippen LogP contribution in [0.4, 0.5) is 0 Å². The van der Waals surface area contributed by atoms with Crippen molar-refractivity contribution in [3.63, 3.8) is 0 Å². The number of benzene rings is 2. The Hall–Kier alpha value is -2.24. The lowest BCUT2D eigenvalue weighted by Gasteiger charge is -2.30. The zero-order chi connectivity index (χ0) is 20.8. The second-order valence-corrected chi connectivity index (χ2v) is 8.06. The van der Waals surface area contributed by atoms with E-state index in [9.17, 15) is 4.79 Å². The number of piperidine rings is 1. The second-order valence-electron chi connectivity index (χ2n) is 7.65. The summed E-state index contributed by atoms with van der Waals surface area (Å²) in [5.74, 6) is 1.49. The molecule has 0 spiro atoms. The SMILES string of the molecule is COc1cc(C(=O)NCc2ccc(CN3CCC(C)CC3)cc2)cc(Cl)c1OC. The van der Waals surface area contributed by atoms with Crippen molar-refractivity contribution in [1.29, 1.82) is 0 Å². The quantitative estimate of drug-likeness (QED) is 0.721. The number of carbonyl (C=O) groups is 1. The lowest BCUT2D eigenvalue weighted by Crippen LogP contribution is -2.32. The van der Waals surface area contributed by atoms with Crippen LogP contribution in [0, 0.1) is 5.92 Å². The van der Waals surface area contributed by atoms with Crippen molar-refractivity contribution in [2.45, 2.75) is 32.9 Å². The molecule has 0 saturated carbocycles. The zero-order valence-corrected chi connectivity index (χ0v) is 18.1. The van der Waals surface area contributed by atoms with E-state index in [1.807, 2.05) is 0 Å². The summed E-state index contributed by atoms with van der Waals surface area (Å²) in [6.45, 7) is 6.12. The summed E-state index contributed by atoms with van der Waals surface area (Å²) >= 11 is 6.19. The number of amides is 1. The number of nitrogens with one attached hydrogen (secondary N) is 1. The molecule has 1 N–H and O–H groups in total. The Morgan fingerprint density at radius 3 is 2.38 bits per heavy atom. The van der Waals surface area contributed by atoms with Gasteiger partial charge >= 0.3 is 0 Å². The van der Waals surface area contributed by atoms with Crippen LogP contribution in [0.3, 0.4) is 0 Å². The number of halogens is 1. The van der Waals surface area contributed by atoms with Gasteiger partial charge in [-0.05, 0) is 55.1 Å². The van der Waals surface area contributed by atoms with E-state index in [1.165, 1.54) is 45.7 Å². The third-order valence-electron chi connectivity index (χ3n) is 5.45. The molecular formula is C23H29ClN2O3. The molecule has 1 aliphatic heterocycles. The highest BCUT2D eigenvalue weighted by Crippen LogP contribution is 2.36. The Morgan fingerprint density at radius 1 is 1.10 bits per heavy atom. The smallest absolute Gasteiger partial charge is 0.251 e. The maximum absolute atomic E-state index is 12.5. The second kappa shape index (κ2) is 9.99. The minimum absolute atomic E-state index is 0.209. The molecule has 0 atom stereocenters. The Bertz CT molecular complexity index is 831. The summed E-state index contributed by atoms with van der Waals surface area (Å²) in [7, 11) is 3.03. The van der Waals surface area contributed by atoms with Crippen molar-refractivity contribution in [3.8, 4) is 11.5 Å². The van der Waals surface area contributed by atoms with E-state index in [0.29, 0.717) is 28.6 Å². The third kappa shape index (κ3) is 5.64. The highest BCUT2D eigenvalue weighted by atomic mass is 35.5. The molecule has 1 aliphatic rings. The van der Waals surface area contributed by atoms with Crippen LogP contribution in [-0.2, 0) is 13.1 Å². The number of nitrogens with zero attached hydrogens (tertiary/aromatic N) is 1. The predicted octanol–water partition coefficient (Wildman–Crippen LogP) is 4.52. The molecule has 1 heterocycles. The number of rotatable bonds is 7. The molecule has 1 fully saturated rings. The van der Waals surface area contributed by atoms with Crippen LogP contribution >= 0.6 is 11.6 Å². The van der Waals surface area contributed by atoms with Crippen molar-refractivity contribution in [1.82, 2.24) is 10.2 Å². The molecule has 0 aliphatic carbocycles. The first kappa shape index (κ1) is 21.5. The van der Waals surface area contributed by atoms with Gasteiger partial charge in [0.05, 0.1) is 19.2 Å². The van der Waals surface area contributed by atoms with Gasteiger partial charge < -0.3 is 14.8 Å². The maximum atomic E-state index is 12.5. The summed E-state index contributed by atoms with van der Waals surface area (Å²) in [5.41, 5.74) is 2.80. The molecule has 156 valence electrons. The van der Waals surface area contributed by atoms with Gasteiger partial charge in [-0.15, -0.1) is 0 Å². The molecular weight excluding hydrogens is 388 g/mol. The number of hydrogen-bond acceptors (Lipinski definition) is 4. The van der Waals surface area contributed by atoms with E-state index in [0.717, 1.165) is 18.0 Å². The standard InChI is InChI=1S/C23H29ClN2O3/c1-16-8-10-26(11-9-16)15-18-6-4-17(5-7-18)14-25-23(27)19-12-20(24)22(29-3)21(13-19)28-2/h4-7,12-13,16H,8-11,14-15H2,1-3H3,(H,25,27). The van der Waals surface area contributed by atoms with Gasteiger partial charge in [0.15, 0.2) is 11.5 Å². The van der Waals surface area contributed by atoms with Crippen molar-refractivity contribution in [2.24, 2.45) is 5.92 Å². The Morgan fingerprint density at radius 2 is 1.76 bits per heavy atom. The van der Waals surface area contributed by atoms with Crippen LogP contribution in [0.15, 0.2) is 36.4 Å². The van der Waals surface area contributed by atoms with Gasteiger partial charge in [-0.1, -0.05) is 42.8 Å². The van der Waals surface area contributed by atoms with Crippen LogP contribution in [0.25, 0.3) is 0 Å². The minimum Gasteiger partial charge on any atom is -0.493 e. The fourth-order valence-corrected chi connectivity index (χ4v) is 3.86. The molecule has 0 unspecified atom stereocenters. The summed E-state index contributed by atoms with van der Waals surface area (Å²) in [5, 5.41) is 3.27. The molecule has 29 heavy (non-hydrogen) atoms. The first-order valence-electron chi connectivity index (χ1n) is 10.00. The van der Waals surface area contributed by atoms with Gasteiger partial charge in [-0.2, -0.15) is 0 Å². The van der Waals surface area contributed by atoms with Crippen LogP contribution in [-0.4, -0.2) is 38.1 Å². The number of ether oxygens (including phenoxy) is 2. The summed E-state index contributed by atoms with van der Waals surface area (Å²) in [6, 6.07) is 11.6. The molecule has 3 rings (SSSR count). The van der Waals surface area contributed by atoms with Crippen LogP contribution in [0.2, 0.25) is 5.02 Å². The molecule has 2 aromatic rings. The normalized spacial score (nSPS) is 15.2. The van der Waals surface area contributed by atoms with Crippen molar-refractivity contribution in [3.05, 3.63) is 58.1 Å². The maximum Gasteiger partial charge on any atom is 0.251 e. The zero-order valence-electron chi connectivity index (χ0n) is 17.3. The predicted molar refractivity (Wildman–Crippen MR) is 116 cm³/mol. The highest BCUT2D eigenvalue weighted by Gasteiger charge is 2.16. The number of hydrogen-bond donors (Lipinski definition) is 1. The lowest BCUT2D eigenvalue weighted by atomic mass is 9.99. The fraction of sp³-hybridized carbons (Fsp3) is 0.435. The first-order valence-corrected chi connectivity index (χ1v) is 10.4. The first-order chi connectivity index (χ1) is 14.0. The summed E-state index contributed by atoms with van der Waals surface area (Å²) in [6.07, 6.45) is 2.56. The van der Waals surface area contributed by atoms with Gasteiger partial charge in [-0.3, -0.25) is 9.69 Å². The van der Waals surface area contributed by atoms with Crippen LogP contribution in [0.5, 0.6) is 11.5 Å². The van der Waals surface area contributed by atoms with E-state index in [-0.39, 0.29) is 5.91 Å². The lowest BCUT2D eigenvalue weighted by molar-refractivity contribution is 0.0950. The van der Waals surface area contributed by atoms with Gasteiger partial charge in [0.2, 0.25) is 0 Å². The van der Waals surface area contributed by atoms with E-state index in [2.05, 4.69) is 41.4 Å². The molecule has 1 amide bonds. The van der Waals surface area contributed by atoms with Gasteiger partial charge in [0.1, 0.15) is 0 Å². The molecule has 0 aromatic heterocycles. The summed E-state index contributed by atoms with van der Waals surface area (Å²) in [4.78, 5) is 15.0. The average Bonchev–Trinajstić information content (AvgIpc) is 2.74. The Balaban J connectivity index is 1.56. The highest BCUT2D eigenvalue weighted by molar-refractivity contribution is 6.32. The monoisotopic (exact) mass is 416 g/mol. The molecule has 5 nitrogen and oxygen atoms in total. The number of likely N-dealkylation sites (tertiary alicyclic amines) is 1. The topological polar surface area (TPSA) is 50.8 Å². The van der Waals surface area contributed by atoms with Crippen molar-refractivity contribution < 1.29 is 14.3 Å². The molecule has 0 radical (unpaired) electrons. The summed E-state index contributed by atoms with van der Waals surface area (Å²) < 4.78 is 10.5. The van der Waals surface area contributed by atoms with Gasteiger partial charge in [-0.25, -0.2) is 0 Å². The van der Waals surface area contributed by atoms with Gasteiger partial charge in [0.25, 0.3) is 5.91 Å². The Labute approximate surface area is 177 Å². The fourth-order valence-electron chi connectivity index (χ4n) is 3.57.